The predicted octanol–water partition coefficient (Wildman–Crippen LogP) is 0.951. The molecule has 2 unspecified atom stereocenters. The second-order valence-corrected chi connectivity index (χ2v) is 4.02. The van der Waals surface area contributed by atoms with Crippen LogP contribution in [-0.4, -0.2) is 16.1 Å². The molecule has 0 saturated carbocycles. The first kappa shape index (κ1) is 9.62. The summed E-state index contributed by atoms with van der Waals surface area (Å²) in [5.74, 6) is 0. The zero-order valence-electron chi connectivity index (χ0n) is 8.40. The molecule has 0 spiro atoms. The van der Waals surface area contributed by atoms with Gasteiger partial charge in [0.2, 0.25) is 0 Å². The van der Waals surface area contributed by atoms with Crippen molar-refractivity contribution in [2.24, 2.45) is 5.73 Å². The molecule has 0 aromatic carbocycles. The van der Waals surface area contributed by atoms with Gasteiger partial charge in [0, 0.05) is 24.0 Å². The van der Waals surface area contributed by atoms with Gasteiger partial charge >= 0.3 is 0 Å². The van der Waals surface area contributed by atoms with Gasteiger partial charge in [0.1, 0.15) is 0 Å². The van der Waals surface area contributed by atoms with Crippen LogP contribution in [0.5, 0.6) is 0 Å². The highest BCUT2D eigenvalue weighted by Gasteiger charge is 2.21. The zero-order valence-corrected chi connectivity index (χ0v) is 8.40. The van der Waals surface area contributed by atoms with Crippen molar-refractivity contribution < 1.29 is 5.11 Å². The summed E-state index contributed by atoms with van der Waals surface area (Å²) in [5.41, 5.74) is 9.16. The molecule has 3 heteroatoms. The number of nitrogens with two attached hydrogens (primary N) is 1. The van der Waals surface area contributed by atoms with E-state index in [0.717, 1.165) is 18.4 Å². The molecule has 1 heterocycles. The van der Waals surface area contributed by atoms with E-state index in [0.29, 0.717) is 0 Å². The van der Waals surface area contributed by atoms with Gasteiger partial charge in [0.05, 0.1) is 6.10 Å². The number of nitrogens with zero attached hydrogens (tertiary/aromatic N) is 1. The van der Waals surface area contributed by atoms with Crippen molar-refractivity contribution in [1.82, 2.24) is 4.98 Å². The number of hydrogen-bond donors (Lipinski definition) is 2. The number of aryl methyl sites for hydroxylation is 1. The van der Waals surface area contributed by atoms with Crippen LogP contribution in [0.3, 0.4) is 0 Å². The molecule has 2 atom stereocenters. The molecule has 0 amide bonds. The van der Waals surface area contributed by atoms with Gasteiger partial charge in [-0.3, -0.25) is 4.98 Å². The number of aliphatic hydroxyl groups excluding tert-OH is 1. The Morgan fingerprint density at radius 3 is 2.93 bits per heavy atom. The minimum Gasteiger partial charge on any atom is -0.387 e. The van der Waals surface area contributed by atoms with Crippen molar-refractivity contribution in [1.29, 1.82) is 0 Å². The molecule has 3 nitrogen and oxygen atoms in total. The Bertz CT molecular complexity index is 336. The van der Waals surface area contributed by atoms with Crippen LogP contribution in [0.2, 0.25) is 0 Å². The van der Waals surface area contributed by atoms with E-state index >= 15 is 0 Å². The maximum Gasteiger partial charge on any atom is 0.0955 e. The van der Waals surface area contributed by atoms with Gasteiger partial charge in [-0.1, -0.05) is 0 Å². The Balaban J connectivity index is 2.39. The number of aromatic nitrogens is 1. The van der Waals surface area contributed by atoms with E-state index in [4.69, 9.17) is 5.73 Å². The summed E-state index contributed by atoms with van der Waals surface area (Å²) in [4.78, 5) is 4.14. The lowest BCUT2D eigenvalue weighted by Crippen LogP contribution is -2.25. The fourth-order valence-electron chi connectivity index (χ4n) is 2.06. The van der Waals surface area contributed by atoms with Crippen molar-refractivity contribution in [3.05, 3.63) is 29.1 Å². The van der Waals surface area contributed by atoms with Gasteiger partial charge in [0.15, 0.2) is 0 Å². The molecule has 1 aromatic heterocycles. The quantitative estimate of drug-likeness (QED) is 0.733. The zero-order chi connectivity index (χ0) is 10.1. The fraction of sp³-hybridized carbons (Fsp3) is 0.545. The van der Waals surface area contributed by atoms with E-state index in [2.05, 4.69) is 4.98 Å². The number of rotatable bonds is 2. The Morgan fingerprint density at radius 1 is 1.43 bits per heavy atom. The molecule has 0 aliphatic heterocycles. The lowest BCUT2D eigenvalue weighted by molar-refractivity contribution is 0.152. The monoisotopic (exact) mass is 192 g/mol. The SMILES string of the molecule is CC(N)C(O)c1cncc2c1CCC2. The van der Waals surface area contributed by atoms with E-state index in [9.17, 15) is 5.11 Å². The molecule has 14 heavy (non-hydrogen) atoms. The van der Waals surface area contributed by atoms with E-state index in [1.54, 1.807) is 6.20 Å². The van der Waals surface area contributed by atoms with Crippen molar-refractivity contribution in [2.75, 3.05) is 0 Å². The van der Waals surface area contributed by atoms with E-state index < -0.39 is 6.10 Å². The van der Waals surface area contributed by atoms with Gasteiger partial charge in [-0.2, -0.15) is 0 Å². The summed E-state index contributed by atoms with van der Waals surface area (Å²) >= 11 is 0. The van der Waals surface area contributed by atoms with Gasteiger partial charge in [0.25, 0.3) is 0 Å². The van der Waals surface area contributed by atoms with Crippen molar-refractivity contribution in [2.45, 2.75) is 38.3 Å². The van der Waals surface area contributed by atoms with Crippen LogP contribution in [-0.2, 0) is 12.8 Å². The lowest BCUT2D eigenvalue weighted by atomic mass is 9.98. The van der Waals surface area contributed by atoms with Gasteiger partial charge < -0.3 is 10.8 Å². The Hall–Kier alpha value is -0.930. The van der Waals surface area contributed by atoms with Crippen molar-refractivity contribution >= 4 is 0 Å². The normalized spacial score (nSPS) is 19.1. The fourth-order valence-corrected chi connectivity index (χ4v) is 2.06. The Kier molecular flexibility index (Phi) is 2.52. The first-order valence-corrected chi connectivity index (χ1v) is 5.09. The molecule has 1 aliphatic carbocycles. The average Bonchev–Trinajstić information content (AvgIpc) is 2.63. The Morgan fingerprint density at radius 2 is 2.21 bits per heavy atom. The van der Waals surface area contributed by atoms with Crippen LogP contribution in [0, 0.1) is 0 Å². The van der Waals surface area contributed by atoms with E-state index in [-0.39, 0.29) is 6.04 Å². The van der Waals surface area contributed by atoms with E-state index in [1.165, 1.54) is 17.5 Å². The molecule has 76 valence electrons. The van der Waals surface area contributed by atoms with Gasteiger partial charge in [-0.15, -0.1) is 0 Å². The molecule has 3 N–H and O–H groups in total. The number of aliphatic hydroxyl groups is 1. The van der Waals surface area contributed by atoms with Gasteiger partial charge in [-0.25, -0.2) is 0 Å². The second kappa shape index (κ2) is 3.67. The minimum absolute atomic E-state index is 0.233. The predicted molar refractivity (Wildman–Crippen MR) is 54.9 cm³/mol. The first-order valence-electron chi connectivity index (χ1n) is 5.09. The molecule has 1 aromatic rings. The number of hydrogen-bond acceptors (Lipinski definition) is 3. The summed E-state index contributed by atoms with van der Waals surface area (Å²) in [6.45, 7) is 1.82. The molecule has 2 rings (SSSR count). The topological polar surface area (TPSA) is 59.1 Å². The third-order valence-corrected chi connectivity index (χ3v) is 2.87. The highest BCUT2D eigenvalue weighted by Crippen LogP contribution is 2.28. The highest BCUT2D eigenvalue weighted by molar-refractivity contribution is 5.37. The summed E-state index contributed by atoms with van der Waals surface area (Å²) in [6.07, 6.45) is 6.38. The van der Waals surface area contributed by atoms with Crippen LogP contribution < -0.4 is 5.73 Å². The third kappa shape index (κ3) is 1.53. The first-order chi connectivity index (χ1) is 6.70. The van der Waals surface area contributed by atoms with Crippen LogP contribution in [0.25, 0.3) is 0 Å². The molecular weight excluding hydrogens is 176 g/mol. The third-order valence-electron chi connectivity index (χ3n) is 2.87. The van der Waals surface area contributed by atoms with Crippen LogP contribution in [0.15, 0.2) is 12.4 Å². The number of fused-ring (bicyclic) bond motifs is 1. The summed E-state index contributed by atoms with van der Waals surface area (Å²) in [6, 6.07) is -0.233. The van der Waals surface area contributed by atoms with Crippen molar-refractivity contribution in [3.8, 4) is 0 Å². The van der Waals surface area contributed by atoms with E-state index in [1.807, 2.05) is 13.1 Å². The second-order valence-electron chi connectivity index (χ2n) is 4.02. The van der Waals surface area contributed by atoms with Crippen molar-refractivity contribution in [3.63, 3.8) is 0 Å². The lowest BCUT2D eigenvalue weighted by Gasteiger charge is -2.17. The summed E-state index contributed by atoms with van der Waals surface area (Å²) in [7, 11) is 0. The number of pyridine rings is 1. The standard InChI is InChI=1S/C11H16N2O/c1-7(12)11(14)10-6-13-5-8-3-2-4-9(8)10/h5-7,11,14H,2-4,12H2,1H3. The van der Waals surface area contributed by atoms with Crippen LogP contribution >= 0.6 is 0 Å². The summed E-state index contributed by atoms with van der Waals surface area (Å²) < 4.78 is 0. The molecule has 1 aliphatic rings. The summed E-state index contributed by atoms with van der Waals surface area (Å²) in [5, 5.41) is 9.90. The maximum absolute atomic E-state index is 9.90. The molecule has 0 fully saturated rings. The smallest absolute Gasteiger partial charge is 0.0955 e. The van der Waals surface area contributed by atoms with Gasteiger partial charge in [-0.05, 0) is 37.3 Å². The Labute approximate surface area is 84.0 Å². The molecule has 0 bridgehead atoms. The van der Waals surface area contributed by atoms with Crippen LogP contribution in [0.4, 0.5) is 0 Å². The largest absolute Gasteiger partial charge is 0.387 e. The molecule has 0 saturated heterocycles. The maximum atomic E-state index is 9.90. The van der Waals surface area contributed by atoms with Crippen LogP contribution in [0.1, 0.15) is 36.1 Å². The molecule has 0 radical (unpaired) electrons. The molecular formula is C11H16N2O. The highest BCUT2D eigenvalue weighted by atomic mass is 16.3. The minimum atomic E-state index is -0.574. The average molecular weight is 192 g/mol.